The van der Waals surface area contributed by atoms with Crippen LogP contribution in [0, 0.1) is 0 Å². The van der Waals surface area contributed by atoms with Crippen LogP contribution in [-0.2, 0) is 0 Å². The van der Waals surface area contributed by atoms with Gasteiger partial charge in [-0.05, 0) is 302 Å². The summed E-state index contributed by atoms with van der Waals surface area (Å²) in [7, 11) is 0. The highest BCUT2D eigenvalue weighted by atomic mass is 16.3. The van der Waals surface area contributed by atoms with E-state index in [4.69, 9.17) is 13.3 Å². The third-order valence-corrected chi connectivity index (χ3v) is 29.5. The van der Waals surface area contributed by atoms with E-state index in [0.29, 0.717) is 0 Å². The molecule has 3 nitrogen and oxygen atoms in total. The predicted molar refractivity (Wildman–Crippen MR) is 600 cm³/mol. The summed E-state index contributed by atoms with van der Waals surface area (Å²) in [5.74, 6) is 0. The van der Waals surface area contributed by atoms with E-state index in [1.807, 2.05) is 0 Å². The fraction of sp³-hybridized carbons (Fsp3) is 0. The minimum Gasteiger partial charge on any atom is -0.456 e. The summed E-state index contributed by atoms with van der Waals surface area (Å²) in [6.07, 6.45) is 0. The Morgan fingerprint density at radius 1 is 0.0993 bits per heavy atom. The van der Waals surface area contributed by atoms with Crippen LogP contribution in [-0.4, -0.2) is 0 Å². The summed E-state index contributed by atoms with van der Waals surface area (Å²) < 4.78 is 19.1. The van der Waals surface area contributed by atoms with Crippen LogP contribution in [0.15, 0.2) is 523 Å². The largest absolute Gasteiger partial charge is 0.456 e. The molecule has 0 spiro atoms. The molecule has 0 aliphatic carbocycles. The molecule has 0 saturated heterocycles. The molecular weight excluding hydrogens is 1710 g/mol. The van der Waals surface area contributed by atoms with E-state index < -0.39 is 0 Å². The van der Waals surface area contributed by atoms with Crippen molar-refractivity contribution in [1.82, 2.24) is 0 Å². The van der Waals surface area contributed by atoms with Gasteiger partial charge in [0.15, 0.2) is 0 Å². The fourth-order valence-electron chi connectivity index (χ4n) is 23.2. The molecule has 0 N–H and O–H groups in total. The van der Waals surface area contributed by atoms with Gasteiger partial charge in [-0.25, -0.2) is 0 Å². The van der Waals surface area contributed by atoms with Crippen molar-refractivity contribution >= 4 is 195 Å². The third-order valence-electron chi connectivity index (χ3n) is 29.5. The number of hydrogen-bond acceptors (Lipinski definition) is 3. The van der Waals surface area contributed by atoms with Crippen LogP contribution < -0.4 is 0 Å². The lowest BCUT2D eigenvalue weighted by molar-refractivity contribution is 0.669. The van der Waals surface area contributed by atoms with E-state index in [1.54, 1.807) is 0 Å². The van der Waals surface area contributed by atoms with Crippen LogP contribution in [0.25, 0.3) is 295 Å². The minimum atomic E-state index is 0.912. The maximum absolute atomic E-state index is 6.39. The summed E-state index contributed by atoms with van der Waals surface area (Å²) in [6.45, 7) is 0. The lowest BCUT2D eigenvalue weighted by atomic mass is 9.83. The van der Waals surface area contributed by atoms with Crippen molar-refractivity contribution in [3.63, 3.8) is 0 Å². The summed E-state index contributed by atoms with van der Waals surface area (Å²) in [5, 5.41) is 36.8. The lowest BCUT2D eigenvalue weighted by Crippen LogP contribution is -1.92. The average molecular weight is 1790 g/mol. The number of hydrogen-bond donors (Lipinski definition) is 0. The van der Waals surface area contributed by atoms with Gasteiger partial charge in [-0.3, -0.25) is 0 Å². The lowest BCUT2D eigenvalue weighted by Gasteiger charge is -2.20. The molecule has 3 aromatic heterocycles. The normalized spacial score (nSPS) is 11.8. The zero-order valence-corrected chi connectivity index (χ0v) is 76.7. The van der Waals surface area contributed by atoms with Crippen molar-refractivity contribution in [3.8, 4) is 100 Å². The highest BCUT2D eigenvalue weighted by Crippen LogP contribution is 2.53. The van der Waals surface area contributed by atoms with E-state index in [0.717, 1.165) is 49.7 Å². The van der Waals surface area contributed by atoms with Crippen molar-refractivity contribution in [2.75, 3.05) is 0 Å². The Kier molecular flexibility index (Phi) is 19.0. The maximum Gasteiger partial charge on any atom is 0.136 e. The molecule has 0 fully saturated rings. The highest BCUT2D eigenvalue weighted by molar-refractivity contribution is 6.29. The van der Waals surface area contributed by atoms with Crippen molar-refractivity contribution in [3.05, 3.63) is 510 Å². The molecule has 141 heavy (non-hydrogen) atoms. The Morgan fingerprint density at radius 3 is 0.730 bits per heavy atom. The Hall–Kier alpha value is -18.5. The molecule has 0 atom stereocenters. The maximum atomic E-state index is 6.39. The fourth-order valence-corrected chi connectivity index (χ4v) is 23.2. The average Bonchev–Trinajstić information content (AvgIpc) is 1.68. The molecule has 27 aromatic carbocycles. The van der Waals surface area contributed by atoms with Crippen LogP contribution in [0.5, 0.6) is 0 Å². The molecule has 0 bridgehead atoms. The first kappa shape index (κ1) is 80.9. The number of fused-ring (bicyclic) bond motifs is 24. The standard InChI is InChI=1S/3C46H28O/c1-3-13-34-29(10-1)12-9-19-35(34)31-20-22-32(23-21-31)44-37-15-5-7-17-39(37)45(40-18-8-6-16-38(40)44)33-25-26-42-41(28-33)46-36-14-4-2-11-30(36)24-27-43(46)47-42;1-2-12-31-26-33(21-20-29(31)10-1)32-13-9-14-34(27-32)44-37-16-5-7-18-39(37)45(40-19-8-6-17-38(40)44)35-23-24-42-41(28-35)46-36-15-4-3-11-30(36)22-25-43(46)47-42;1-2-13-31-27-32(22-21-29(31)11-1)34-14-5-6-16-36(34)45-39-19-9-7-17-37(39)44(38-18-8-10-20-40(38)45)33-24-25-42-41(28-33)46-35-15-4-3-12-30(35)23-26-43(46)47-42/h3*1-28H. The first-order valence-corrected chi connectivity index (χ1v) is 48.5. The molecule has 0 saturated carbocycles. The molecule has 3 heteroatoms. The van der Waals surface area contributed by atoms with E-state index in [-0.39, 0.29) is 0 Å². The van der Waals surface area contributed by atoms with Crippen molar-refractivity contribution in [2.24, 2.45) is 0 Å². The summed E-state index contributed by atoms with van der Waals surface area (Å²) in [5.41, 5.74) is 27.7. The van der Waals surface area contributed by atoms with Crippen LogP contribution >= 0.6 is 0 Å². The molecule has 0 unspecified atom stereocenters. The zero-order valence-electron chi connectivity index (χ0n) is 76.7. The van der Waals surface area contributed by atoms with Gasteiger partial charge < -0.3 is 13.3 Å². The second kappa shape index (κ2) is 33.2. The first-order valence-electron chi connectivity index (χ1n) is 48.5. The molecule has 0 aliphatic heterocycles. The zero-order chi connectivity index (χ0) is 92.7. The quantitative estimate of drug-likeness (QED) is 0.135. The summed E-state index contributed by atoms with van der Waals surface area (Å²) >= 11 is 0. The molecule has 30 rings (SSSR count). The van der Waals surface area contributed by atoms with Crippen molar-refractivity contribution < 1.29 is 13.3 Å². The van der Waals surface area contributed by atoms with Crippen LogP contribution in [0.2, 0.25) is 0 Å². The second-order valence-electron chi connectivity index (χ2n) is 37.3. The molecule has 0 amide bonds. The predicted octanol–water partition coefficient (Wildman–Crippen LogP) is 39.6. The first-order chi connectivity index (χ1) is 69.9. The van der Waals surface area contributed by atoms with Crippen molar-refractivity contribution in [1.29, 1.82) is 0 Å². The van der Waals surface area contributed by atoms with Gasteiger partial charge in [0.1, 0.15) is 33.5 Å². The van der Waals surface area contributed by atoms with Crippen molar-refractivity contribution in [2.45, 2.75) is 0 Å². The van der Waals surface area contributed by atoms with Crippen LogP contribution in [0.4, 0.5) is 0 Å². The number of rotatable bonds is 9. The molecule has 654 valence electrons. The monoisotopic (exact) mass is 1790 g/mol. The van der Waals surface area contributed by atoms with E-state index in [2.05, 4.69) is 510 Å². The van der Waals surface area contributed by atoms with E-state index in [1.165, 1.54) is 246 Å². The second-order valence-corrected chi connectivity index (χ2v) is 37.3. The van der Waals surface area contributed by atoms with Gasteiger partial charge in [0.2, 0.25) is 0 Å². The van der Waals surface area contributed by atoms with Gasteiger partial charge in [0.05, 0.1) is 0 Å². The van der Waals surface area contributed by atoms with E-state index >= 15 is 0 Å². The molecule has 30 aromatic rings. The Labute approximate surface area is 812 Å². The van der Waals surface area contributed by atoms with Crippen LogP contribution in [0.3, 0.4) is 0 Å². The Morgan fingerprint density at radius 2 is 0.333 bits per heavy atom. The van der Waals surface area contributed by atoms with Gasteiger partial charge >= 0.3 is 0 Å². The Bertz CT molecular complexity index is 10200. The Balaban J connectivity index is 0.000000104. The third kappa shape index (κ3) is 13.5. The summed E-state index contributed by atoms with van der Waals surface area (Å²) in [4.78, 5) is 0. The highest BCUT2D eigenvalue weighted by Gasteiger charge is 2.26. The summed E-state index contributed by atoms with van der Waals surface area (Å²) in [6, 6.07) is 185. The van der Waals surface area contributed by atoms with Gasteiger partial charge in [-0.15, -0.1) is 0 Å². The number of benzene rings is 27. The molecule has 3 heterocycles. The van der Waals surface area contributed by atoms with Gasteiger partial charge in [-0.1, -0.05) is 437 Å². The van der Waals surface area contributed by atoms with Gasteiger partial charge in [0.25, 0.3) is 0 Å². The minimum absolute atomic E-state index is 0.912. The van der Waals surface area contributed by atoms with Crippen LogP contribution in [0.1, 0.15) is 0 Å². The number of furan rings is 3. The van der Waals surface area contributed by atoms with Gasteiger partial charge in [-0.2, -0.15) is 0 Å². The molecule has 0 radical (unpaired) electrons. The van der Waals surface area contributed by atoms with Gasteiger partial charge in [0, 0.05) is 32.3 Å². The smallest absolute Gasteiger partial charge is 0.136 e. The topological polar surface area (TPSA) is 39.4 Å². The molecule has 0 aliphatic rings. The molecular formula is C138H84O3. The SMILES string of the molecule is c1cc(-c2ccc3ccccc3c2)cc(-c2c3ccccc3c(-c3ccc4oc5ccc6ccccc6c5c4c3)c3ccccc23)c1.c1ccc(-c2c3ccccc3c(-c3ccc4oc5ccc6ccccc6c5c4c3)c3ccccc23)c(-c2ccc3ccccc3c2)c1.c1ccc2c(-c3ccc(-c4c5ccccc5c(-c5ccc6oc7ccc8ccccc8c7c6c5)c5ccccc45)cc3)cccc2c1. The van der Waals surface area contributed by atoms with E-state index in [9.17, 15) is 0 Å².